The van der Waals surface area contributed by atoms with Gasteiger partial charge in [0, 0.05) is 12.5 Å². The summed E-state index contributed by atoms with van der Waals surface area (Å²) in [6, 6.07) is 11.8. The fraction of sp³-hybridized carbons (Fsp3) is 0.200. The first kappa shape index (κ1) is 15.1. The van der Waals surface area contributed by atoms with Crippen LogP contribution in [0.2, 0.25) is 0 Å². The van der Waals surface area contributed by atoms with E-state index in [1.807, 2.05) is 30.3 Å². The molecule has 0 aliphatic heterocycles. The number of rotatable bonds is 5. The monoisotopic (exact) mass is 290 g/mol. The van der Waals surface area contributed by atoms with E-state index >= 15 is 0 Å². The molecule has 0 aromatic heterocycles. The second kappa shape index (κ2) is 6.43. The minimum absolute atomic E-state index is 0.313. The van der Waals surface area contributed by atoms with Gasteiger partial charge in [-0.25, -0.2) is 0 Å². The van der Waals surface area contributed by atoms with Gasteiger partial charge in [0.2, 0.25) is 5.82 Å². The van der Waals surface area contributed by atoms with E-state index in [0.29, 0.717) is 12.0 Å². The first-order chi connectivity index (χ1) is 9.99. The molecular formula is C15H15FN2O3. The Morgan fingerprint density at radius 3 is 2.52 bits per heavy atom. The van der Waals surface area contributed by atoms with Crippen molar-refractivity contribution < 1.29 is 14.4 Å². The Bertz CT molecular complexity index is 634. The minimum Gasteiger partial charge on any atom is -0.391 e. The summed E-state index contributed by atoms with van der Waals surface area (Å²) in [5, 5.41) is 20.9. The van der Waals surface area contributed by atoms with Crippen molar-refractivity contribution in [2.45, 2.75) is 18.6 Å². The van der Waals surface area contributed by atoms with Gasteiger partial charge >= 0.3 is 5.69 Å². The predicted molar refractivity (Wildman–Crippen MR) is 76.1 cm³/mol. The van der Waals surface area contributed by atoms with Crippen LogP contribution in [0, 0.1) is 15.9 Å². The van der Waals surface area contributed by atoms with Crippen LogP contribution < -0.4 is 5.73 Å². The third-order valence-electron chi connectivity index (χ3n) is 3.25. The summed E-state index contributed by atoms with van der Waals surface area (Å²) in [7, 11) is 0. The first-order valence-corrected chi connectivity index (χ1v) is 6.40. The minimum atomic E-state index is -0.923. The Hall–Kier alpha value is -2.31. The largest absolute Gasteiger partial charge is 0.391 e. The third kappa shape index (κ3) is 3.62. The van der Waals surface area contributed by atoms with E-state index in [0.717, 1.165) is 17.7 Å². The summed E-state index contributed by atoms with van der Waals surface area (Å²) in [4.78, 5) is 9.91. The maximum Gasteiger partial charge on any atom is 0.305 e. The van der Waals surface area contributed by atoms with Crippen molar-refractivity contribution >= 4 is 5.69 Å². The molecule has 0 unspecified atom stereocenters. The van der Waals surface area contributed by atoms with Crippen molar-refractivity contribution in [3.8, 4) is 0 Å². The molecule has 0 saturated heterocycles. The highest BCUT2D eigenvalue weighted by Gasteiger charge is 2.22. The highest BCUT2D eigenvalue weighted by Crippen LogP contribution is 2.24. The van der Waals surface area contributed by atoms with E-state index in [1.165, 1.54) is 6.07 Å². The SMILES string of the molecule is N[C@H](c1ccc(F)c([N+](=O)[O-])c1)[C@@H](O)Cc1ccccc1. The molecule has 0 radical (unpaired) electrons. The molecule has 2 rings (SSSR count). The zero-order valence-corrected chi connectivity index (χ0v) is 11.1. The molecule has 3 N–H and O–H groups in total. The molecule has 5 nitrogen and oxygen atoms in total. The van der Waals surface area contributed by atoms with Crippen LogP contribution in [0.25, 0.3) is 0 Å². The molecule has 6 heteroatoms. The summed E-state index contributed by atoms with van der Waals surface area (Å²) in [5.41, 5.74) is 6.49. The summed E-state index contributed by atoms with van der Waals surface area (Å²) < 4.78 is 13.3. The van der Waals surface area contributed by atoms with E-state index in [2.05, 4.69) is 0 Å². The number of hydrogen-bond donors (Lipinski definition) is 2. The van der Waals surface area contributed by atoms with Crippen LogP contribution in [-0.2, 0) is 6.42 Å². The number of aliphatic hydroxyl groups excluding tert-OH is 1. The summed E-state index contributed by atoms with van der Waals surface area (Å²) >= 11 is 0. The fourth-order valence-electron chi connectivity index (χ4n) is 2.08. The van der Waals surface area contributed by atoms with E-state index < -0.39 is 28.6 Å². The molecule has 2 aromatic carbocycles. The second-order valence-corrected chi connectivity index (χ2v) is 4.75. The van der Waals surface area contributed by atoms with Gasteiger partial charge in [0.1, 0.15) is 0 Å². The third-order valence-corrected chi connectivity index (χ3v) is 3.25. The van der Waals surface area contributed by atoms with Gasteiger partial charge in [0.05, 0.1) is 17.1 Å². The number of nitro benzene ring substituents is 1. The van der Waals surface area contributed by atoms with Crippen LogP contribution >= 0.6 is 0 Å². The average Bonchev–Trinajstić information content (AvgIpc) is 2.47. The van der Waals surface area contributed by atoms with Crippen molar-refractivity contribution in [2.24, 2.45) is 5.73 Å². The number of halogens is 1. The summed E-state index contributed by atoms with van der Waals surface area (Å²) in [6.07, 6.45) is -0.606. The smallest absolute Gasteiger partial charge is 0.305 e. The lowest BCUT2D eigenvalue weighted by molar-refractivity contribution is -0.387. The van der Waals surface area contributed by atoms with Crippen molar-refractivity contribution in [1.29, 1.82) is 0 Å². The van der Waals surface area contributed by atoms with Gasteiger partial charge in [0.15, 0.2) is 0 Å². The Morgan fingerprint density at radius 2 is 1.90 bits per heavy atom. The number of nitrogens with zero attached hydrogens (tertiary/aromatic N) is 1. The fourth-order valence-corrected chi connectivity index (χ4v) is 2.08. The summed E-state index contributed by atoms with van der Waals surface area (Å²) in [5.74, 6) is -0.923. The Labute approximate surface area is 121 Å². The maximum absolute atomic E-state index is 13.3. The summed E-state index contributed by atoms with van der Waals surface area (Å²) in [6.45, 7) is 0. The van der Waals surface area contributed by atoms with Crippen molar-refractivity contribution in [3.63, 3.8) is 0 Å². The van der Waals surface area contributed by atoms with Crippen molar-refractivity contribution in [3.05, 3.63) is 75.6 Å². The quantitative estimate of drug-likeness (QED) is 0.653. The Kier molecular flexibility index (Phi) is 4.62. The second-order valence-electron chi connectivity index (χ2n) is 4.75. The van der Waals surface area contributed by atoms with Crippen LogP contribution in [0.3, 0.4) is 0 Å². The molecule has 110 valence electrons. The van der Waals surface area contributed by atoms with Gasteiger partial charge in [-0.2, -0.15) is 4.39 Å². The Balaban J connectivity index is 2.17. The van der Waals surface area contributed by atoms with Gasteiger partial charge in [0.25, 0.3) is 0 Å². The van der Waals surface area contributed by atoms with Crippen molar-refractivity contribution in [2.75, 3.05) is 0 Å². The molecule has 0 fully saturated rings. The number of aliphatic hydroxyl groups is 1. The molecule has 0 spiro atoms. The highest BCUT2D eigenvalue weighted by molar-refractivity contribution is 5.38. The number of nitrogens with two attached hydrogens (primary N) is 1. The number of benzene rings is 2. The van der Waals surface area contributed by atoms with E-state index in [1.54, 1.807) is 0 Å². The van der Waals surface area contributed by atoms with Gasteiger partial charge in [-0.05, 0) is 17.2 Å². The first-order valence-electron chi connectivity index (χ1n) is 6.40. The highest BCUT2D eigenvalue weighted by atomic mass is 19.1. The lowest BCUT2D eigenvalue weighted by Gasteiger charge is -2.19. The normalized spacial score (nSPS) is 13.7. The van der Waals surface area contributed by atoms with Gasteiger partial charge < -0.3 is 10.8 Å². The van der Waals surface area contributed by atoms with Gasteiger partial charge in [-0.15, -0.1) is 0 Å². The van der Waals surface area contributed by atoms with Crippen LogP contribution in [-0.4, -0.2) is 16.1 Å². The molecule has 0 heterocycles. The zero-order chi connectivity index (χ0) is 15.4. The molecule has 0 aliphatic carbocycles. The van der Waals surface area contributed by atoms with Crippen LogP contribution in [0.15, 0.2) is 48.5 Å². The lowest BCUT2D eigenvalue weighted by Crippen LogP contribution is -2.28. The maximum atomic E-state index is 13.3. The molecule has 0 bridgehead atoms. The van der Waals surface area contributed by atoms with E-state index in [-0.39, 0.29) is 0 Å². The van der Waals surface area contributed by atoms with Crippen LogP contribution in [0.4, 0.5) is 10.1 Å². The van der Waals surface area contributed by atoms with Crippen molar-refractivity contribution in [1.82, 2.24) is 0 Å². The van der Waals surface area contributed by atoms with E-state index in [4.69, 9.17) is 5.73 Å². The number of nitro groups is 1. The van der Waals surface area contributed by atoms with Gasteiger partial charge in [-0.3, -0.25) is 10.1 Å². The topological polar surface area (TPSA) is 89.4 Å². The van der Waals surface area contributed by atoms with E-state index in [9.17, 15) is 19.6 Å². The number of hydrogen-bond acceptors (Lipinski definition) is 4. The predicted octanol–water partition coefficient (Wildman–Crippen LogP) is 2.34. The molecule has 0 aliphatic rings. The van der Waals surface area contributed by atoms with Crippen LogP contribution in [0.5, 0.6) is 0 Å². The van der Waals surface area contributed by atoms with Crippen LogP contribution in [0.1, 0.15) is 17.2 Å². The molecule has 2 aromatic rings. The molecule has 21 heavy (non-hydrogen) atoms. The lowest BCUT2D eigenvalue weighted by atomic mass is 9.96. The molecule has 0 amide bonds. The zero-order valence-electron chi connectivity index (χ0n) is 11.1. The molecule has 0 saturated carbocycles. The molecular weight excluding hydrogens is 275 g/mol. The van der Waals surface area contributed by atoms with Gasteiger partial charge in [-0.1, -0.05) is 36.4 Å². The Morgan fingerprint density at radius 1 is 1.24 bits per heavy atom. The standard InChI is InChI=1S/C15H15FN2O3/c16-12-7-6-11(9-13(12)18(20)21)15(17)14(19)8-10-4-2-1-3-5-10/h1-7,9,14-15,19H,8,17H2/t14-,15+/m0/s1. The average molecular weight is 290 g/mol. The molecule has 2 atom stereocenters.